The van der Waals surface area contributed by atoms with Crippen LogP contribution in [0, 0.1) is 6.92 Å². The Morgan fingerprint density at radius 3 is 2.86 bits per heavy atom. The normalized spacial score (nSPS) is 10.6. The first-order valence-corrected chi connectivity index (χ1v) is 8.93. The van der Waals surface area contributed by atoms with Gasteiger partial charge >= 0.3 is 5.63 Å². The van der Waals surface area contributed by atoms with E-state index in [-0.39, 0.29) is 12.3 Å². The van der Waals surface area contributed by atoms with Gasteiger partial charge in [0.15, 0.2) is 0 Å². The third-order valence-electron chi connectivity index (χ3n) is 4.29. The fourth-order valence-corrected chi connectivity index (χ4v) is 2.80. The first kappa shape index (κ1) is 19.4. The number of amides is 1. The summed E-state index contributed by atoms with van der Waals surface area (Å²) < 4.78 is 11.0. The molecular formula is C22H22N2O4. The van der Waals surface area contributed by atoms with Crippen molar-refractivity contribution in [1.82, 2.24) is 10.3 Å². The van der Waals surface area contributed by atoms with Crippen LogP contribution in [-0.4, -0.2) is 17.5 Å². The molecule has 0 saturated heterocycles. The molecule has 1 amide bonds. The molecule has 6 nitrogen and oxygen atoms in total. The summed E-state index contributed by atoms with van der Waals surface area (Å²) in [5, 5.41) is 3.57. The Morgan fingerprint density at radius 1 is 1.32 bits per heavy atom. The standard InChI is InChI=1S/C22H22N2O4/c1-14(2)13-27-17-6-7-18-15(3)19(22(26)28-20(18)9-17)10-21(25)24-12-16-5-4-8-23-11-16/h4-9,11H,1,10,12-13H2,2-3H3,(H,24,25). The second-order valence-electron chi connectivity index (χ2n) is 6.71. The van der Waals surface area contributed by atoms with Crippen LogP contribution in [0.3, 0.4) is 0 Å². The number of aromatic nitrogens is 1. The quantitative estimate of drug-likeness (QED) is 0.504. The van der Waals surface area contributed by atoms with Crippen molar-refractivity contribution in [1.29, 1.82) is 0 Å². The summed E-state index contributed by atoms with van der Waals surface area (Å²) in [5.74, 6) is 0.347. The zero-order chi connectivity index (χ0) is 20.1. The minimum atomic E-state index is -0.515. The molecule has 0 radical (unpaired) electrons. The molecule has 0 aliphatic carbocycles. The van der Waals surface area contributed by atoms with Crippen molar-refractivity contribution in [3.05, 3.63) is 82.0 Å². The Bertz CT molecular complexity index is 1070. The van der Waals surface area contributed by atoms with Gasteiger partial charge in [-0.25, -0.2) is 4.79 Å². The van der Waals surface area contributed by atoms with Gasteiger partial charge in [-0.15, -0.1) is 0 Å². The van der Waals surface area contributed by atoms with Gasteiger partial charge in [-0.2, -0.15) is 0 Å². The maximum absolute atomic E-state index is 12.4. The van der Waals surface area contributed by atoms with E-state index in [2.05, 4.69) is 16.9 Å². The number of nitrogens with one attached hydrogen (secondary N) is 1. The smallest absolute Gasteiger partial charge is 0.340 e. The van der Waals surface area contributed by atoms with Crippen LogP contribution in [0.5, 0.6) is 5.75 Å². The third kappa shape index (κ3) is 4.65. The zero-order valence-corrected chi connectivity index (χ0v) is 16.0. The van der Waals surface area contributed by atoms with Crippen molar-refractivity contribution >= 4 is 16.9 Å². The van der Waals surface area contributed by atoms with Crippen molar-refractivity contribution < 1.29 is 13.9 Å². The van der Waals surface area contributed by atoms with Crippen LogP contribution >= 0.6 is 0 Å². The molecule has 1 aromatic carbocycles. The molecule has 28 heavy (non-hydrogen) atoms. The molecule has 6 heteroatoms. The second-order valence-corrected chi connectivity index (χ2v) is 6.71. The van der Waals surface area contributed by atoms with Gasteiger partial charge in [0.25, 0.3) is 0 Å². The maximum Gasteiger partial charge on any atom is 0.340 e. The summed E-state index contributed by atoms with van der Waals surface area (Å²) in [4.78, 5) is 28.7. The van der Waals surface area contributed by atoms with E-state index in [0.717, 1.165) is 22.1 Å². The Hall–Kier alpha value is -3.41. The molecule has 0 atom stereocenters. The van der Waals surface area contributed by atoms with Gasteiger partial charge in [-0.1, -0.05) is 12.6 Å². The van der Waals surface area contributed by atoms with Crippen LogP contribution in [0.2, 0.25) is 0 Å². The molecule has 0 bridgehead atoms. The molecule has 3 aromatic rings. The van der Waals surface area contributed by atoms with Gasteiger partial charge in [0, 0.05) is 30.4 Å². The van der Waals surface area contributed by atoms with E-state index in [1.807, 2.05) is 32.0 Å². The van der Waals surface area contributed by atoms with E-state index in [9.17, 15) is 9.59 Å². The summed E-state index contributed by atoms with van der Waals surface area (Å²) in [7, 11) is 0. The number of fused-ring (bicyclic) bond motifs is 1. The topological polar surface area (TPSA) is 81.4 Å². The van der Waals surface area contributed by atoms with Crippen molar-refractivity contribution in [3.63, 3.8) is 0 Å². The van der Waals surface area contributed by atoms with Crippen molar-refractivity contribution in [3.8, 4) is 5.75 Å². The molecule has 0 aliphatic rings. The summed E-state index contributed by atoms with van der Waals surface area (Å²) in [5.41, 5.74) is 2.78. The zero-order valence-electron chi connectivity index (χ0n) is 16.0. The average Bonchev–Trinajstić information content (AvgIpc) is 2.68. The minimum absolute atomic E-state index is 0.0434. The highest BCUT2D eigenvalue weighted by Crippen LogP contribution is 2.24. The number of rotatable bonds is 7. The molecule has 3 rings (SSSR count). The van der Waals surface area contributed by atoms with Gasteiger partial charge in [0.1, 0.15) is 17.9 Å². The number of benzene rings is 1. The highest BCUT2D eigenvalue weighted by Gasteiger charge is 2.15. The van der Waals surface area contributed by atoms with Gasteiger partial charge in [0.05, 0.1) is 12.0 Å². The molecule has 0 fully saturated rings. The second kappa shape index (κ2) is 8.52. The van der Waals surface area contributed by atoms with Crippen LogP contribution in [0.25, 0.3) is 11.0 Å². The van der Waals surface area contributed by atoms with Crippen LogP contribution in [0.4, 0.5) is 0 Å². The van der Waals surface area contributed by atoms with Crippen molar-refractivity contribution in [2.24, 2.45) is 0 Å². The number of nitrogens with zero attached hydrogens (tertiary/aromatic N) is 1. The number of carbonyl (C=O) groups is 1. The summed E-state index contributed by atoms with van der Waals surface area (Å²) >= 11 is 0. The molecule has 0 aliphatic heterocycles. The van der Waals surface area contributed by atoms with E-state index in [1.54, 1.807) is 24.5 Å². The molecule has 0 unspecified atom stereocenters. The van der Waals surface area contributed by atoms with Gasteiger partial charge < -0.3 is 14.5 Å². The predicted molar refractivity (Wildman–Crippen MR) is 107 cm³/mol. The number of carbonyl (C=O) groups excluding carboxylic acids is 1. The molecule has 0 saturated carbocycles. The van der Waals surface area contributed by atoms with E-state index >= 15 is 0 Å². The van der Waals surface area contributed by atoms with Crippen molar-refractivity contribution in [2.45, 2.75) is 26.8 Å². The van der Waals surface area contributed by atoms with E-state index < -0.39 is 5.63 Å². The van der Waals surface area contributed by atoms with Gasteiger partial charge in [0.2, 0.25) is 5.91 Å². The van der Waals surface area contributed by atoms with Gasteiger partial charge in [-0.05, 0) is 48.7 Å². The molecule has 2 aromatic heterocycles. The average molecular weight is 378 g/mol. The minimum Gasteiger partial charge on any atom is -0.489 e. The Labute approximate surface area is 162 Å². The number of aryl methyl sites for hydroxylation is 1. The molecule has 1 N–H and O–H groups in total. The summed E-state index contributed by atoms with van der Waals surface area (Å²) in [6.45, 7) is 8.23. The lowest BCUT2D eigenvalue weighted by Gasteiger charge is -2.10. The van der Waals surface area contributed by atoms with E-state index in [0.29, 0.717) is 30.0 Å². The fraction of sp³-hybridized carbons (Fsp3) is 0.227. The molecule has 2 heterocycles. The number of hydrogen-bond donors (Lipinski definition) is 1. The molecular weight excluding hydrogens is 356 g/mol. The van der Waals surface area contributed by atoms with Crippen LogP contribution in [0.1, 0.15) is 23.6 Å². The first-order chi connectivity index (χ1) is 13.4. The van der Waals surface area contributed by atoms with E-state index in [4.69, 9.17) is 9.15 Å². The summed E-state index contributed by atoms with van der Waals surface area (Å²) in [6, 6.07) is 9.00. The predicted octanol–water partition coefficient (Wildman–Crippen LogP) is 3.31. The third-order valence-corrected chi connectivity index (χ3v) is 4.29. The molecule has 144 valence electrons. The number of ether oxygens (including phenoxy) is 1. The maximum atomic E-state index is 12.4. The Kier molecular flexibility index (Phi) is 5.89. The summed E-state index contributed by atoms with van der Waals surface area (Å²) in [6.07, 6.45) is 3.31. The lowest BCUT2D eigenvalue weighted by atomic mass is 10.0. The monoisotopic (exact) mass is 378 g/mol. The van der Waals surface area contributed by atoms with Gasteiger partial charge in [-0.3, -0.25) is 9.78 Å². The number of hydrogen-bond acceptors (Lipinski definition) is 5. The highest BCUT2D eigenvalue weighted by atomic mass is 16.5. The van der Waals surface area contributed by atoms with E-state index in [1.165, 1.54) is 0 Å². The van der Waals surface area contributed by atoms with Crippen molar-refractivity contribution in [2.75, 3.05) is 6.61 Å². The lowest BCUT2D eigenvalue weighted by Crippen LogP contribution is -2.27. The number of pyridine rings is 1. The highest BCUT2D eigenvalue weighted by molar-refractivity contribution is 5.85. The fourth-order valence-electron chi connectivity index (χ4n) is 2.80. The largest absolute Gasteiger partial charge is 0.489 e. The Balaban J connectivity index is 1.77. The Morgan fingerprint density at radius 2 is 2.14 bits per heavy atom. The van der Waals surface area contributed by atoms with Crippen LogP contribution < -0.4 is 15.7 Å². The van der Waals surface area contributed by atoms with Crippen LogP contribution in [-0.2, 0) is 17.8 Å². The first-order valence-electron chi connectivity index (χ1n) is 8.93. The van der Waals surface area contributed by atoms with Crippen LogP contribution in [0.15, 0.2) is 64.1 Å². The lowest BCUT2D eigenvalue weighted by molar-refractivity contribution is -0.120. The SMILES string of the molecule is C=C(C)COc1ccc2c(C)c(CC(=O)NCc3cccnc3)c(=O)oc2c1. The molecule has 0 spiro atoms.